The Hall–Kier alpha value is -1.06. The van der Waals surface area contributed by atoms with Crippen molar-refractivity contribution in [2.45, 2.75) is 18.9 Å². The zero-order chi connectivity index (χ0) is 11.4. The van der Waals surface area contributed by atoms with Crippen LogP contribution in [0.4, 0.5) is 0 Å². The molecule has 1 aromatic carbocycles. The molecule has 88 valence electrons. The molecule has 0 amide bonds. The first-order valence-electron chi connectivity index (χ1n) is 5.86. The number of hydrogen-bond acceptors (Lipinski definition) is 3. The summed E-state index contributed by atoms with van der Waals surface area (Å²) in [5.74, 6) is 0.931. The molecule has 1 aromatic rings. The van der Waals surface area contributed by atoms with Gasteiger partial charge in [0.15, 0.2) is 0 Å². The molecule has 3 heteroatoms. The Labute approximate surface area is 96.4 Å². The number of nitrogens with one attached hydrogen (secondary N) is 1. The number of ether oxygens (including phenoxy) is 1. The lowest BCUT2D eigenvalue weighted by Gasteiger charge is -2.30. The SMILES string of the molecule is CNC(c1ccccc1O)C1CCOCC1. The standard InChI is InChI=1S/C13H19NO2/c1-14-13(10-6-8-16-9-7-10)11-4-2-3-5-12(11)15/h2-5,10,13-15H,6-9H2,1H3. The number of benzene rings is 1. The van der Waals surface area contributed by atoms with Crippen LogP contribution in [0.1, 0.15) is 24.4 Å². The molecular weight excluding hydrogens is 202 g/mol. The molecule has 0 aliphatic carbocycles. The van der Waals surface area contributed by atoms with Crippen LogP contribution in [0.3, 0.4) is 0 Å². The van der Waals surface area contributed by atoms with Gasteiger partial charge in [-0.15, -0.1) is 0 Å². The molecule has 1 aliphatic rings. The first-order valence-corrected chi connectivity index (χ1v) is 5.86. The normalized spacial score (nSPS) is 19.6. The minimum absolute atomic E-state index is 0.227. The van der Waals surface area contributed by atoms with Crippen LogP contribution in [-0.2, 0) is 4.74 Å². The van der Waals surface area contributed by atoms with Crippen molar-refractivity contribution in [3.05, 3.63) is 29.8 Å². The van der Waals surface area contributed by atoms with Gasteiger partial charge in [0, 0.05) is 24.8 Å². The highest BCUT2D eigenvalue weighted by Gasteiger charge is 2.25. The van der Waals surface area contributed by atoms with Crippen LogP contribution in [0, 0.1) is 5.92 Å². The summed E-state index contributed by atoms with van der Waals surface area (Å²) >= 11 is 0. The molecule has 1 aliphatic heterocycles. The minimum Gasteiger partial charge on any atom is -0.508 e. The van der Waals surface area contributed by atoms with Crippen LogP contribution in [0.15, 0.2) is 24.3 Å². The molecule has 1 saturated heterocycles. The lowest BCUT2D eigenvalue weighted by atomic mass is 9.87. The summed E-state index contributed by atoms with van der Waals surface area (Å²) < 4.78 is 5.37. The van der Waals surface area contributed by atoms with Gasteiger partial charge < -0.3 is 15.2 Å². The van der Waals surface area contributed by atoms with Crippen molar-refractivity contribution in [1.82, 2.24) is 5.32 Å². The van der Waals surface area contributed by atoms with Gasteiger partial charge in [-0.05, 0) is 31.9 Å². The summed E-state index contributed by atoms with van der Waals surface area (Å²) in [4.78, 5) is 0. The summed E-state index contributed by atoms with van der Waals surface area (Å²) in [5.41, 5.74) is 0.997. The summed E-state index contributed by atoms with van der Waals surface area (Å²) in [6, 6.07) is 7.80. The summed E-state index contributed by atoms with van der Waals surface area (Å²) in [7, 11) is 1.95. The predicted molar refractivity (Wildman–Crippen MR) is 63.5 cm³/mol. The van der Waals surface area contributed by atoms with Gasteiger partial charge in [-0.25, -0.2) is 0 Å². The van der Waals surface area contributed by atoms with E-state index >= 15 is 0 Å². The van der Waals surface area contributed by atoms with Crippen molar-refractivity contribution in [2.24, 2.45) is 5.92 Å². The Kier molecular flexibility index (Phi) is 3.80. The number of para-hydroxylation sites is 1. The number of phenols is 1. The lowest BCUT2D eigenvalue weighted by Crippen LogP contribution is -2.30. The van der Waals surface area contributed by atoms with Gasteiger partial charge >= 0.3 is 0 Å². The van der Waals surface area contributed by atoms with Gasteiger partial charge in [0.1, 0.15) is 5.75 Å². The molecule has 0 aromatic heterocycles. The van der Waals surface area contributed by atoms with Gasteiger partial charge in [-0.2, -0.15) is 0 Å². The van der Waals surface area contributed by atoms with Crippen LogP contribution in [0.25, 0.3) is 0 Å². The number of phenolic OH excluding ortho intramolecular Hbond substituents is 1. The van der Waals surface area contributed by atoms with E-state index < -0.39 is 0 Å². The topological polar surface area (TPSA) is 41.5 Å². The molecule has 0 saturated carbocycles. The Bertz CT molecular complexity index is 334. The van der Waals surface area contributed by atoms with Crippen LogP contribution < -0.4 is 5.32 Å². The maximum Gasteiger partial charge on any atom is 0.120 e. The zero-order valence-electron chi connectivity index (χ0n) is 9.65. The van der Waals surface area contributed by atoms with Crippen LogP contribution in [-0.4, -0.2) is 25.4 Å². The first kappa shape index (κ1) is 11.4. The van der Waals surface area contributed by atoms with E-state index in [4.69, 9.17) is 4.74 Å². The molecule has 1 heterocycles. The van der Waals surface area contributed by atoms with Crippen molar-refractivity contribution in [2.75, 3.05) is 20.3 Å². The van der Waals surface area contributed by atoms with Crippen LogP contribution in [0.5, 0.6) is 5.75 Å². The maximum atomic E-state index is 9.87. The highest BCUT2D eigenvalue weighted by molar-refractivity contribution is 5.34. The van der Waals surface area contributed by atoms with E-state index in [2.05, 4.69) is 5.32 Å². The van der Waals surface area contributed by atoms with E-state index in [1.54, 1.807) is 6.07 Å². The molecule has 0 spiro atoms. The van der Waals surface area contributed by atoms with E-state index in [9.17, 15) is 5.11 Å². The van der Waals surface area contributed by atoms with Gasteiger partial charge in [0.25, 0.3) is 0 Å². The van der Waals surface area contributed by atoms with Crippen molar-refractivity contribution < 1.29 is 9.84 Å². The van der Waals surface area contributed by atoms with Crippen molar-refractivity contribution in [1.29, 1.82) is 0 Å². The summed E-state index contributed by atoms with van der Waals surface area (Å²) in [5, 5.41) is 13.2. The molecule has 2 rings (SSSR count). The van der Waals surface area contributed by atoms with E-state index in [1.165, 1.54) is 0 Å². The van der Waals surface area contributed by atoms with Crippen LogP contribution >= 0.6 is 0 Å². The Morgan fingerprint density at radius 2 is 2.00 bits per heavy atom. The summed E-state index contributed by atoms with van der Waals surface area (Å²) in [6.07, 6.45) is 2.11. The molecule has 1 atom stereocenters. The van der Waals surface area contributed by atoms with Gasteiger partial charge in [-0.1, -0.05) is 18.2 Å². The Morgan fingerprint density at radius 3 is 2.62 bits per heavy atom. The minimum atomic E-state index is 0.227. The molecule has 16 heavy (non-hydrogen) atoms. The third-order valence-corrected chi connectivity index (χ3v) is 3.32. The fraction of sp³-hybridized carbons (Fsp3) is 0.538. The average Bonchev–Trinajstić information content (AvgIpc) is 2.34. The Balaban J connectivity index is 2.18. The lowest BCUT2D eigenvalue weighted by molar-refractivity contribution is 0.0543. The third kappa shape index (κ3) is 2.36. The number of aromatic hydroxyl groups is 1. The maximum absolute atomic E-state index is 9.87. The molecule has 0 bridgehead atoms. The van der Waals surface area contributed by atoms with E-state index in [1.807, 2.05) is 25.2 Å². The molecule has 1 fully saturated rings. The van der Waals surface area contributed by atoms with Gasteiger partial charge in [0.05, 0.1) is 0 Å². The number of hydrogen-bond donors (Lipinski definition) is 2. The van der Waals surface area contributed by atoms with Crippen LogP contribution in [0.2, 0.25) is 0 Å². The third-order valence-electron chi connectivity index (χ3n) is 3.32. The molecule has 1 unspecified atom stereocenters. The van der Waals surface area contributed by atoms with Crippen molar-refractivity contribution >= 4 is 0 Å². The quantitative estimate of drug-likeness (QED) is 0.821. The smallest absolute Gasteiger partial charge is 0.120 e. The Morgan fingerprint density at radius 1 is 1.31 bits per heavy atom. The molecule has 0 radical (unpaired) electrons. The highest BCUT2D eigenvalue weighted by atomic mass is 16.5. The second-order valence-electron chi connectivity index (χ2n) is 4.27. The fourth-order valence-corrected chi connectivity index (χ4v) is 2.44. The average molecular weight is 221 g/mol. The zero-order valence-corrected chi connectivity index (χ0v) is 9.65. The fourth-order valence-electron chi connectivity index (χ4n) is 2.44. The second-order valence-corrected chi connectivity index (χ2v) is 4.27. The second kappa shape index (κ2) is 5.32. The molecule has 2 N–H and O–H groups in total. The molecular formula is C13H19NO2. The monoisotopic (exact) mass is 221 g/mol. The summed E-state index contributed by atoms with van der Waals surface area (Å²) in [6.45, 7) is 1.66. The van der Waals surface area contributed by atoms with Crippen molar-refractivity contribution in [3.63, 3.8) is 0 Å². The largest absolute Gasteiger partial charge is 0.508 e. The molecule has 3 nitrogen and oxygen atoms in total. The van der Waals surface area contributed by atoms with E-state index in [0.717, 1.165) is 31.6 Å². The predicted octanol–water partition coefficient (Wildman–Crippen LogP) is 2.08. The number of rotatable bonds is 3. The van der Waals surface area contributed by atoms with Crippen molar-refractivity contribution in [3.8, 4) is 5.75 Å². The highest BCUT2D eigenvalue weighted by Crippen LogP contribution is 2.33. The van der Waals surface area contributed by atoms with E-state index in [0.29, 0.717) is 11.7 Å². The van der Waals surface area contributed by atoms with Gasteiger partial charge in [0.2, 0.25) is 0 Å². The van der Waals surface area contributed by atoms with E-state index in [-0.39, 0.29) is 6.04 Å². The first-order chi connectivity index (χ1) is 7.83. The van der Waals surface area contributed by atoms with Gasteiger partial charge in [-0.3, -0.25) is 0 Å².